The van der Waals surface area contributed by atoms with Gasteiger partial charge in [0.25, 0.3) is 5.91 Å². The third kappa shape index (κ3) is 13.0. The molecule has 0 spiro atoms. The number of allylic oxidation sites excluding steroid dienone is 1. The maximum Gasteiger partial charge on any atom is 0.412 e. The van der Waals surface area contributed by atoms with Gasteiger partial charge in [0.15, 0.2) is 0 Å². The molecule has 1 saturated carbocycles. The number of unbranched alkanes of at least 4 members (excludes halogenated alkanes) is 11. The fraction of sp³-hybridized carbons (Fsp3) is 0.500. The summed E-state index contributed by atoms with van der Waals surface area (Å²) in [4.78, 5) is 36.5. The maximum absolute atomic E-state index is 15.5. The van der Waals surface area contributed by atoms with Crippen molar-refractivity contribution in [1.82, 2.24) is 10.2 Å². The van der Waals surface area contributed by atoms with Gasteiger partial charge in [-0.3, -0.25) is 4.79 Å². The van der Waals surface area contributed by atoms with Gasteiger partial charge in [0.2, 0.25) is 5.79 Å². The Morgan fingerprint density at radius 2 is 1.60 bits per heavy atom. The van der Waals surface area contributed by atoms with Crippen LogP contribution in [0.2, 0.25) is 0 Å². The van der Waals surface area contributed by atoms with E-state index in [4.69, 9.17) is 24.2 Å². The zero-order valence-electron chi connectivity index (χ0n) is 42.6. The average molecular weight is 981 g/mol. The second-order valence-electron chi connectivity index (χ2n) is 19.7. The number of fused-ring (bicyclic) bond motifs is 3. The number of carbonyl (C=O) groups excluding carboxylic acids is 2. The van der Waals surface area contributed by atoms with E-state index in [-0.39, 0.29) is 56.4 Å². The van der Waals surface area contributed by atoms with E-state index >= 15 is 4.79 Å². The van der Waals surface area contributed by atoms with Crippen LogP contribution in [0, 0.1) is 29.1 Å². The van der Waals surface area contributed by atoms with Crippen LogP contribution in [-0.4, -0.2) is 78.1 Å². The molecule has 12 heteroatoms. The molecule has 1 fully saturated rings. The third-order valence-corrected chi connectivity index (χ3v) is 15.0. The molecule has 0 saturated heterocycles. The van der Waals surface area contributed by atoms with Crippen LogP contribution in [0.15, 0.2) is 114 Å². The number of benzene rings is 4. The Bertz CT molecular complexity index is 2510. The quantitative estimate of drug-likeness (QED) is 0.0286. The number of aliphatic hydroxyl groups is 2. The summed E-state index contributed by atoms with van der Waals surface area (Å²) in [7, 11) is 1.53. The topological polar surface area (TPSA) is 163 Å². The molecule has 0 bridgehead atoms. The van der Waals surface area contributed by atoms with Crippen LogP contribution < -0.4 is 14.8 Å². The van der Waals surface area contributed by atoms with E-state index in [1.165, 1.54) is 52.1 Å². The molecule has 3 aliphatic rings. The van der Waals surface area contributed by atoms with Crippen LogP contribution in [0.4, 0.5) is 4.79 Å². The Morgan fingerprint density at radius 3 is 2.31 bits per heavy atom. The highest BCUT2D eigenvalue weighted by atomic mass is 16.7. The van der Waals surface area contributed by atoms with E-state index in [0.717, 1.165) is 72.4 Å². The Balaban J connectivity index is 1.31. The zero-order chi connectivity index (χ0) is 50.7. The van der Waals surface area contributed by atoms with Crippen LogP contribution in [0.1, 0.15) is 149 Å². The van der Waals surface area contributed by atoms with Crippen LogP contribution in [0.5, 0.6) is 11.5 Å². The molecule has 4 aromatic carbocycles. The molecule has 12 nitrogen and oxygen atoms in total. The maximum atomic E-state index is 15.5. The average Bonchev–Trinajstić information content (AvgIpc) is 3.40. The molecule has 6 unspecified atom stereocenters. The number of amides is 2. The number of carbonyl (C=O) groups is 2. The molecule has 4 aromatic rings. The lowest BCUT2D eigenvalue weighted by molar-refractivity contribution is -0.255. The van der Waals surface area contributed by atoms with Crippen molar-refractivity contribution in [1.29, 1.82) is 5.26 Å². The molecule has 3 N–H and O–H groups in total. The minimum atomic E-state index is -1.52. The van der Waals surface area contributed by atoms with Crippen molar-refractivity contribution >= 4 is 28.5 Å². The number of nitrogens with zero attached hydrogens (tertiary/aromatic N) is 3. The second-order valence-corrected chi connectivity index (χ2v) is 19.7. The fourth-order valence-corrected chi connectivity index (χ4v) is 11.6. The van der Waals surface area contributed by atoms with E-state index in [1.54, 1.807) is 36.4 Å². The molecule has 6 atom stereocenters. The molecule has 2 amide bonds. The van der Waals surface area contributed by atoms with Crippen molar-refractivity contribution in [2.45, 2.75) is 140 Å². The van der Waals surface area contributed by atoms with Gasteiger partial charge in [-0.25, -0.2) is 4.79 Å². The molecule has 2 aliphatic carbocycles. The monoisotopic (exact) mass is 981 g/mol. The molecule has 0 radical (unpaired) electrons. The summed E-state index contributed by atoms with van der Waals surface area (Å²) in [6.07, 6.45) is 20.1. The molecule has 384 valence electrons. The summed E-state index contributed by atoms with van der Waals surface area (Å²) in [6.45, 7) is 7.26. The first-order valence-electron chi connectivity index (χ1n) is 26.7. The summed E-state index contributed by atoms with van der Waals surface area (Å²) in [5.74, 6) is -1.74. The van der Waals surface area contributed by atoms with Crippen molar-refractivity contribution < 1.29 is 38.9 Å². The minimum absolute atomic E-state index is 0.0224. The standard InChI is InChI=1S/C60H76N4O8/c1-4-6-7-8-9-10-11-12-13-18-34-62-59(68)71-48-32-33-54-52(39-48)56-50(27-17-20-36-66)46(23-16-19-35-65)38-51-53(63-69-3)40-55(60(72-54,57(51)56)70-37-5-2)64(58(67)45-30-28-43(41-61)29-31-45)42-47-25-21-24-44-22-14-15-26-49(44)47/h5,14-15,21-22,24-26,28-33,38-39,46,50,55-57,65-66H,2,4,6-13,16-20,23,27,34-37,40,42H2,1,3H3,(H,62,68). The predicted octanol–water partition coefficient (Wildman–Crippen LogP) is 12.3. The summed E-state index contributed by atoms with van der Waals surface area (Å²) >= 11 is 0. The van der Waals surface area contributed by atoms with Gasteiger partial charge in [0, 0.05) is 49.8 Å². The highest BCUT2D eigenvalue weighted by Gasteiger charge is 2.65. The fourth-order valence-electron chi connectivity index (χ4n) is 11.6. The number of nitriles is 1. The number of rotatable bonds is 28. The van der Waals surface area contributed by atoms with Crippen molar-refractivity contribution in [2.24, 2.45) is 22.9 Å². The Hall–Kier alpha value is -6.00. The van der Waals surface area contributed by atoms with Crippen molar-refractivity contribution in [2.75, 3.05) is 33.5 Å². The molecule has 72 heavy (non-hydrogen) atoms. The van der Waals surface area contributed by atoms with Gasteiger partial charge in [0.05, 0.1) is 29.9 Å². The van der Waals surface area contributed by atoms with Gasteiger partial charge in [-0.1, -0.05) is 137 Å². The first-order chi connectivity index (χ1) is 35.3. The second kappa shape index (κ2) is 27.2. The van der Waals surface area contributed by atoms with Gasteiger partial charge in [-0.05, 0) is 108 Å². The van der Waals surface area contributed by atoms with Gasteiger partial charge < -0.3 is 39.5 Å². The number of hydrogen-bond acceptors (Lipinski definition) is 10. The first-order valence-corrected chi connectivity index (χ1v) is 26.7. The summed E-state index contributed by atoms with van der Waals surface area (Å²) in [6, 6.07) is 27.8. The van der Waals surface area contributed by atoms with Gasteiger partial charge >= 0.3 is 6.09 Å². The third-order valence-electron chi connectivity index (χ3n) is 15.0. The normalized spacial score (nSPS) is 21.4. The number of hydrogen-bond donors (Lipinski definition) is 3. The number of nitrogens with one attached hydrogen (secondary N) is 1. The highest BCUT2D eigenvalue weighted by molar-refractivity contribution is 6.03. The van der Waals surface area contributed by atoms with E-state index in [0.29, 0.717) is 47.7 Å². The Kier molecular flexibility index (Phi) is 20.3. The van der Waals surface area contributed by atoms with Crippen molar-refractivity contribution in [3.63, 3.8) is 0 Å². The van der Waals surface area contributed by atoms with Crippen molar-refractivity contribution in [3.8, 4) is 17.6 Å². The van der Waals surface area contributed by atoms with E-state index in [2.05, 4.69) is 49.2 Å². The van der Waals surface area contributed by atoms with Gasteiger partial charge in [-0.2, -0.15) is 5.26 Å². The number of aliphatic hydroxyl groups excluding tert-OH is 2. The van der Waals surface area contributed by atoms with Crippen LogP contribution >= 0.6 is 0 Å². The Labute approximate surface area is 427 Å². The summed E-state index contributed by atoms with van der Waals surface area (Å²) < 4.78 is 20.7. The van der Waals surface area contributed by atoms with Crippen LogP contribution in [0.3, 0.4) is 0 Å². The SMILES string of the molecule is C=CCOC12Oc3ccc(OC(=O)NCCCCCCCCCCCC)cc3C3C(CCCCO)C(CCCCO)C=C(C(=NOC)CC1N(Cc1cccc4ccccc14)C(=O)c1ccc(C#N)cc1)C32. The minimum Gasteiger partial charge on any atom is -0.459 e. The molecular formula is C60H76N4O8. The largest absolute Gasteiger partial charge is 0.459 e. The Morgan fingerprint density at radius 1 is 0.889 bits per heavy atom. The van der Waals surface area contributed by atoms with Gasteiger partial charge in [-0.15, -0.1) is 6.58 Å². The van der Waals surface area contributed by atoms with E-state index in [9.17, 15) is 20.3 Å². The smallest absolute Gasteiger partial charge is 0.412 e. The summed E-state index contributed by atoms with van der Waals surface area (Å²) in [5, 5.41) is 39.5. The lowest BCUT2D eigenvalue weighted by atomic mass is 9.55. The summed E-state index contributed by atoms with van der Waals surface area (Å²) in [5.41, 5.74) is 4.18. The van der Waals surface area contributed by atoms with Crippen LogP contribution in [0.25, 0.3) is 10.8 Å². The first kappa shape index (κ1) is 53.8. The number of ether oxygens (including phenoxy) is 3. The number of oxime groups is 1. The van der Waals surface area contributed by atoms with E-state index < -0.39 is 23.8 Å². The van der Waals surface area contributed by atoms with Crippen LogP contribution in [-0.2, 0) is 16.1 Å². The van der Waals surface area contributed by atoms with E-state index in [1.807, 2.05) is 41.3 Å². The lowest BCUT2D eigenvalue weighted by Gasteiger charge is -2.60. The van der Waals surface area contributed by atoms with Gasteiger partial charge in [0.1, 0.15) is 24.7 Å². The molecule has 0 aromatic heterocycles. The predicted molar refractivity (Wildman–Crippen MR) is 283 cm³/mol. The molecule has 1 heterocycles. The zero-order valence-corrected chi connectivity index (χ0v) is 42.6. The lowest BCUT2D eigenvalue weighted by Crippen LogP contribution is -2.70. The highest BCUT2D eigenvalue weighted by Crippen LogP contribution is 2.62. The molecule has 1 aliphatic heterocycles. The van der Waals surface area contributed by atoms with Crippen molar-refractivity contribution in [3.05, 3.63) is 131 Å². The molecular weight excluding hydrogens is 905 g/mol. The molecule has 7 rings (SSSR count).